The minimum atomic E-state index is -0.427. The summed E-state index contributed by atoms with van der Waals surface area (Å²) in [6.07, 6.45) is 3.56. The van der Waals surface area contributed by atoms with Crippen molar-refractivity contribution in [1.29, 1.82) is 0 Å². The quantitative estimate of drug-likeness (QED) is 0.431. The van der Waals surface area contributed by atoms with Gasteiger partial charge in [-0.05, 0) is 48.9 Å². The number of fused-ring (bicyclic) bond motifs is 1. The van der Waals surface area contributed by atoms with Crippen molar-refractivity contribution in [3.63, 3.8) is 0 Å². The predicted molar refractivity (Wildman–Crippen MR) is 113 cm³/mol. The van der Waals surface area contributed by atoms with Gasteiger partial charge in [0.25, 0.3) is 0 Å². The van der Waals surface area contributed by atoms with Crippen LogP contribution in [0.25, 0.3) is 34.4 Å². The minimum Gasteiger partial charge on any atom is -0.324 e. The maximum absolute atomic E-state index is 14.7. The molecule has 0 bridgehead atoms. The van der Waals surface area contributed by atoms with E-state index in [4.69, 9.17) is 0 Å². The molecular formula is C22H22F2N6. The van der Waals surface area contributed by atoms with Crippen molar-refractivity contribution in [3.05, 3.63) is 65.1 Å². The van der Waals surface area contributed by atoms with E-state index in [2.05, 4.69) is 44.5 Å². The van der Waals surface area contributed by atoms with Crippen molar-refractivity contribution in [2.24, 2.45) is 5.92 Å². The molecule has 4 rings (SSSR count). The highest BCUT2D eigenvalue weighted by Crippen LogP contribution is 2.28. The molecule has 8 heteroatoms. The molecule has 0 fully saturated rings. The molecule has 0 amide bonds. The van der Waals surface area contributed by atoms with Gasteiger partial charge in [-0.25, -0.2) is 8.78 Å². The number of aromatic amines is 2. The molecule has 0 spiro atoms. The number of hydrogen-bond donors (Lipinski definition) is 3. The topological polar surface area (TPSA) is 82.3 Å². The Bertz CT molecular complexity index is 1190. The first-order chi connectivity index (χ1) is 14.5. The molecule has 2 heterocycles. The van der Waals surface area contributed by atoms with Gasteiger partial charge in [-0.1, -0.05) is 32.1 Å². The zero-order valence-corrected chi connectivity index (χ0v) is 16.9. The third kappa shape index (κ3) is 3.86. The highest BCUT2D eigenvalue weighted by Gasteiger charge is 2.19. The van der Waals surface area contributed by atoms with E-state index in [0.29, 0.717) is 39.7 Å². The summed E-state index contributed by atoms with van der Waals surface area (Å²) >= 11 is 0. The van der Waals surface area contributed by atoms with E-state index in [1.807, 2.05) is 13.1 Å². The summed E-state index contributed by atoms with van der Waals surface area (Å²) in [5.74, 6) is 0.775. The van der Waals surface area contributed by atoms with Crippen LogP contribution in [0.15, 0.2) is 36.4 Å². The van der Waals surface area contributed by atoms with E-state index in [-0.39, 0.29) is 11.9 Å². The molecule has 2 aromatic carbocycles. The highest BCUT2D eigenvalue weighted by molar-refractivity contribution is 5.92. The van der Waals surface area contributed by atoms with Crippen molar-refractivity contribution in [1.82, 2.24) is 30.7 Å². The molecule has 154 valence electrons. The Hall–Kier alpha value is -3.39. The van der Waals surface area contributed by atoms with E-state index >= 15 is 0 Å². The van der Waals surface area contributed by atoms with E-state index in [1.165, 1.54) is 18.2 Å². The van der Waals surface area contributed by atoms with Crippen LogP contribution in [-0.2, 0) is 0 Å². The third-order valence-electron chi connectivity index (χ3n) is 5.01. The van der Waals surface area contributed by atoms with Crippen LogP contribution in [0.2, 0.25) is 0 Å². The number of nitrogens with one attached hydrogen (secondary N) is 3. The lowest BCUT2D eigenvalue weighted by Crippen LogP contribution is -2.22. The molecule has 3 N–H and O–H groups in total. The number of halogens is 2. The molecular weight excluding hydrogens is 386 g/mol. The Kier molecular flexibility index (Phi) is 5.41. The number of benzene rings is 2. The Morgan fingerprint density at radius 1 is 1.03 bits per heavy atom. The predicted octanol–water partition coefficient (Wildman–Crippen LogP) is 4.71. The normalized spacial score (nSPS) is 13.0. The molecule has 0 aliphatic carbocycles. The highest BCUT2D eigenvalue weighted by atomic mass is 19.1. The second-order valence-corrected chi connectivity index (χ2v) is 7.44. The van der Waals surface area contributed by atoms with Gasteiger partial charge in [0.15, 0.2) is 5.82 Å². The van der Waals surface area contributed by atoms with Crippen LogP contribution >= 0.6 is 0 Å². The monoisotopic (exact) mass is 408 g/mol. The third-order valence-corrected chi connectivity index (χ3v) is 5.01. The molecule has 0 unspecified atom stereocenters. The standard InChI is InChI=1S/C22H22F2N6/c1-12(2)19(25-3)22-26-21(29-30-22)14-10-16-18(27-28-20(16)17(24)11-14)9-6-13-4-7-15(23)8-5-13/h4-12,19,25H,1-3H3,(H,27,28)(H,26,29,30)/b9-6+/t19-/m0/s1. The van der Waals surface area contributed by atoms with Gasteiger partial charge in [0.1, 0.15) is 23.0 Å². The average Bonchev–Trinajstić information content (AvgIpc) is 3.36. The van der Waals surface area contributed by atoms with Crippen LogP contribution in [0, 0.1) is 17.6 Å². The largest absolute Gasteiger partial charge is 0.324 e. The molecule has 0 aliphatic heterocycles. The fraction of sp³-hybridized carbons (Fsp3) is 0.227. The summed E-state index contributed by atoms with van der Waals surface area (Å²) in [5.41, 5.74) is 2.28. The maximum Gasteiger partial charge on any atom is 0.161 e. The molecule has 30 heavy (non-hydrogen) atoms. The molecule has 1 atom stereocenters. The van der Waals surface area contributed by atoms with Gasteiger partial charge in [-0.2, -0.15) is 5.10 Å². The first-order valence-electron chi connectivity index (χ1n) is 9.67. The van der Waals surface area contributed by atoms with Crippen LogP contribution in [0.5, 0.6) is 0 Å². The van der Waals surface area contributed by atoms with Crippen molar-refractivity contribution in [2.45, 2.75) is 19.9 Å². The van der Waals surface area contributed by atoms with Crippen LogP contribution in [-0.4, -0.2) is 32.4 Å². The first-order valence-corrected chi connectivity index (χ1v) is 9.67. The van der Waals surface area contributed by atoms with Gasteiger partial charge in [-0.15, -0.1) is 10.2 Å². The second-order valence-electron chi connectivity index (χ2n) is 7.44. The van der Waals surface area contributed by atoms with Gasteiger partial charge >= 0.3 is 0 Å². The van der Waals surface area contributed by atoms with Gasteiger partial charge in [0.05, 0.1) is 11.7 Å². The maximum atomic E-state index is 14.7. The number of aromatic nitrogens is 5. The number of H-pyrrole nitrogens is 2. The smallest absolute Gasteiger partial charge is 0.161 e. The Morgan fingerprint density at radius 3 is 2.50 bits per heavy atom. The van der Waals surface area contributed by atoms with Crippen LogP contribution in [0.4, 0.5) is 8.78 Å². The fourth-order valence-corrected chi connectivity index (χ4v) is 3.44. The van der Waals surface area contributed by atoms with Gasteiger partial charge in [-0.3, -0.25) is 5.10 Å². The summed E-state index contributed by atoms with van der Waals surface area (Å²) in [6.45, 7) is 4.17. The summed E-state index contributed by atoms with van der Waals surface area (Å²) in [6, 6.07) is 9.34. The summed E-state index contributed by atoms with van der Waals surface area (Å²) < 4.78 is 27.8. The lowest BCUT2D eigenvalue weighted by atomic mass is 10.0. The summed E-state index contributed by atoms with van der Waals surface area (Å²) in [5, 5.41) is 19.2. The Morgan fingerprint density at radius 2 is 1.80 bits per heavy atom. The molecule has 6 nitrogen and oxygen atoms in total. The fourth-order valence-electron chi connectivity index (χ4n) is 3.44. The molecule has 0 saturated heterocycles. The Balaban J connectivity index is 1.70. The van der Waals surface area contributed by atoms with Gasteiger partial charge in [0.2, 0.25) is 0 Å². The zero-order chi connectivity index (χ0) is 21.3. The van der Waals surface area contributed by atoms with Crippen molar-refractivity contribution in [3.8, 4) is 11.4 Å². The Labute approximate surface area is 172 Å². The molecule has 0 saturated carbocycles. The van der Waals surface area contributed by atoms with Gasteiger partial charge in [0, 0.05) is 10.9 Å². The molecule has 4 aromatic rings. The lowest BCUT2D eigenvalue weighted by Gasteiger charge is -2.16. The van der Waals surface area contributed by atoms with Gasteiger partial charge < -0.3 is 10.3 Å². The van der Waals surface area contributed by atoms with E-state index in [9.17, 15) is 8.78 Å². The van der Waals surface area contributed by atoms with E-state index in [0.717, 1.165) is 5.56 Å². The van der Waals surface area contributed by atoms with Crippen molar-refractivity contribution < 1.29 is 8.78 Å². The summed E-state index contributed by atoms with van der Waals surface area (Å²) in [4.78, 5) is 3.19. The molecule has 2 aromatic heterocycles. The second kappa shape index (κ2) is 8.16. The zero-order valence-electron chi connectivity index (χ0n) is 16.9. The SMILES string of the molecule is CN[C@H](c1nnc(-c2cc(F)c3[nH]nc(/C=C/c4ccc(F)cc4)c3c2)[nH]1)C(C)C. The van der Waals surface area contributed by atoms with E-state index in [1.54, 1.807) is 24.3 Å². The van der Waals surface area contributed by atoms with Crippen LogP contribution < -0.4 is 5.32 Å². The lowest BCUT2D eigenvalue weighted by molar-refractivity contribution is 0.424. The molecule has 0 radical (unpaired) electrons. The average molecular weight is 408 g/mol. The van der Waals surface area contributed by atoms with Crippen LogP contribution in [0.1, 0.15) is 37.0 Å². The number of nitrogens with zero attached hydrogens (tertiary/aromatic N) is 3. The summed E-state index contributed by atoms with van der Waals surface area (Å²) in [7, 11) is 1.86. The van der Waals surface area contributed by atoms with E-state index < -0.39 is 5.82 Å². The van der Waals surface area contributed by atoms with Crippen molar-refractivity contribution >= 4 is 23.1 Å². The number of rotatable bonds is 6. The van der Waals surface area contributed by atoms with Crippen LogP contribution in [0.3, 0.4) is 0 Å². The van der Waals surface area contributed by atoms with Crippen molar-refractivity contribution in [2.75, 3.05) is 7.05 Å². The first kappa shape index (κ1) is 19.9. The minimum absolute atomic E-state index is 0.0166. The molecule has 0 aliphatic rings. The number of hydrogen-bond acceptors (Lipinski definition) is 4.